The topological polar surface area (TPSA) is 85.3 Å². The summed E-state index contributed by atoms with van der Waals surface area (Å²) in [6, 6.07) is 6.47. The molecule has 0 aliphatic heterocycles. The predicted molar refractivity (Wildman–Crippen MR) is 151 cm³/mol. The van der Waals surface area contributed by atoms with Crippen molar-refractivity contribution >= 4 is 27.1 Å². The Labute approximate surface area is 226 Å². The first kappa shape index (κ1) is 29.0. The largest absolute Gasteiger partial charge is 0.487 e. The van der Waals surface area contributed by atoms with Gasteiger partial charge in [-0.1, -0.05) is 39.5 Å². The van der Waals surface area contributed by atoms with Crippen LogP contribution in [0.15, 0.2) is 46.9 Å². The summed E-state index contributed by atoms with van der Waals surface area (Å²) in [7, 11) is -3.21. The highest BCUT2D eigenvalue weighted by Gasteiger charge is 2.15. The molecule has 0 amide bonds. The van der Waals surface area contributed by atoms with Crippen molar-refractivity contribution in [3.8, 4) is 5.75 Å². The molecule has 37 heavy (non-hydrogen) atoms. The molecule has 0 aliphatic rings. The van der Waals surface area contributed by atoms with Gasteiger partial charge in [0.1, 0.15) is 12.4 Å². The highest BCUT2D eigenvalue weighted by Crippen LogP contribution is 2.25. The quantitative estimate of drug-likeness (QED) is 0.192. The minimum Gasteiger partial charge on any atom is -0.487 e. The summed E-state index contributed by atoms with van der Waals surface area (Å²) in [5, 5.41) is 3.11. The van der Waals surface area contributed by atoms with Gasteiger partial charge in [0.05, 0.1) is 15.6 Å². The second-order valence-corrected chi connectivity index (χ2v) is 12.4. The number of rotatable bonds is 16. The molecule has 202 valence electrons. The molecule has 1 atom stereocenters. The van der Waals surface area contributed by atoms with Gasteiger partial charge in [0.2, 0.25) is 5.95 Å². The van der Waals surface area contributed by atoms with Crippen LogP contribution in [0, 0.1) is 0 Å². The Morgan fingerprint density at radius 3 is 2.38 bits per heavy atom. The zero-order valence-electron chi connectivity index (χ0n) is 22.5. The molecule has 2 heterocycles. The van der Waals surface area contributed by atoms with Crippen LogP contribution in [0.3, 0.4) is 0 Å². The maximum Gasteiger partial charge on any atom is 0.225 e. The van der Waals surface area contributed by atoms with Crippen molar-refractivity contribution in [1.29, 1.82) is 0 Å². The third-order valence-corrected chi connectivity index (χ3v) is 8.64. The number of hydrogen-bond acceptors (Lipinski definition) is 8. The fourth-order valence-electron chi connectivity index (χ4n) is 4.00. The minimum absolute atomic E-state index is 0.282. The van der Waals surface area contributed by atoms with Gasteiger partial charge in [0, 0.05) is 43.0 Å². The first-order valence-corrected chi connectivity index (χ1v) is 16.0. The fourth-order valence-corrected chi connectivity index (χ4v) is 5.53. The molecule has 0 N–H and O–H groups in total. The molecule has 1 aromatic carbocycles. The van der Waals surface area contributed by atoms with Gasteiger partial charge in [-0.2, -0.15) is 0 Å². The molecule has 9 heteroatoms. The zero-order valence-corrected chi connectivity index (χ0v) is 24.2. The van der Waals surface area contributed by atoms with E-state index >= 15 is 0 Å². The van der Waals surface area contributed by atoms with Crippen LogP contribution in [0.1, 0.15) is 81.5 Å². The molecular formula is C28H40N4O3S2. The van der Waals surface area contributed by atoms with Crippen molar-refractivity contribution in [3.63, 3.8) is 0 Å². The number of thiazole rings is 1. The van der Waals surface area contributed by atoms with E-state index in [1.807, 2.05) is 17.8 Å². The lowest BCUT2D eigenvalue weighted by atomic mass is 10.1. The van der Waals surface area contributed by atoms with Crippen LogP contribution in [0.4, 0.5) is 5.95 Å². The summed E-state index contributed by atoms with van der Waals surface area (Å²) in [5.74, 6) is 1.72. The summed E-state index contributed by atoms with van der Waals surface area (Å²) in [4.78, 5) is 16.6. The van der Waals surface area contributed by atoms with E-state index in [1.165, 1.54) is 43.9 Å². The van der Waals surface area contributed by atoms with Crippen molar-refractivity contribution in [1.82, 2.24) is 15.0 Å². The van der Waals surface area contributed by atoms with Crippen LogP contribution in [-0.4, -0.2) is 42.7 Å². The lowest BCUT2D eigenvalue weighted by Crippen LogP contribution is -2.27. The van der Waals surface area contributed by atoms with Gasteiger partial charge in [-0.3, -0.25) is 0 Å². The highest BCUT2D eigenvalue weighted by atomic mass is 32.2. The number of aromatic nitrogens is 3. The van der Waals surface area contributed by atoms with Gasteiger partial charge in [0.25, 0.3) is 0 Å². The van der Waals surface area contributed by atoms with Crippen LogP contribution in [-0.2, 0) is 22.9 Å². The van der Waals surface area contributed by atoms with Crippen molar-refractivity contribution < 1.29 is 13.2 Å². The molecule has 0 fully saturated rings. The maximum atomic E-state index is 11.6. The number of aryl methyl sites for hydroxylation is 1. The Bertz CT molecular complexity index is 1180. The standard InChI is InChI=1S/C28H40N4O3S2/c1-5-7-8-9-10-11-23-18-29-28(30-19-23)32(6-2)17-16-22(3)27-31-24(21-36-27)20-35-25-12-14-26(15-13-25)37(4,33)34/h12-15,18-19,21-22H,5-11,16-17,20H2,1-4H3. The molecule has 0 aliphatic carbocycles. The number of benzene rings is 1. The number of sulfone groups is 1. The van der Waals surface area contributed by atoms with Gasteiger partial charge in [0.15, 0.2) is 9.84 Å². The monoisotopic (exact) mass is 544 g/mol. The van der Waals surface area contributed by atoms with Gasteiger partial charge in [-0.05, 0) is 56.0 Å². The lowest BCUT2D eigenvalue weighted by Gasteiger charge is -2.22. The van der Waals surface area contributed by atoms with Crippen LogP contribution in [0.25, 0.3) is 0 Å². The van der Waals surface area contributed by atoms with Gasteiger partial charge < -0.3 is 9.64 Å². The number of nitrogens with zero attached hydrogens (tertiary/aromatic N) is 4. The van der Waals surface area contributed by atoms with Crippen molar-refractivity contribution in [2.75, 3.05) is 24.2 Å². The summed E-state index contributed by atoms with van der Waals surface area (Å²) in [6.07, 6.45) is 13.5. The second kappa shape index (κ2) is 14.4. The zero-order chi connectivity index (χ0) is 26.7. The molecule has 0 spiro atoms. The molecule has 1 unspecified atom stereocenters. The SMILES string of the molecule is CCCCCCCc1cnc(N(CC)CCC(C)c2nc(COc3ccc(S(C)(=O)=O)cc3)cs2)nc1. The number of unbranched alkanes of at least 4 members (excludes halogenated alkanes) is 4. The van der Waals surface area contributed by atoms with Gasteiger partial charge in [-0.15, -0.1) is 11.3 Å². The molecule has 0 saturated carbocycles. The van der Waals surface area contributed by atoms with Crippen LogP contribution < -0.4 is 9.64 Å². The average molecular weight is 545 g/mol. The van der Waals surface area contributed by atoms with E-state index in [9.17, 15) is 8.42 Å². The third kappa shape index (κ3) is 9.38. The highest BCUT2D eigenvalue weighted by molar-refractivity contribution is 7.90. The van der Waals surface area contributed by atoms with E-state index in [0.717, 1.165) is 42.6 Å². The lowest BCUT2D eigenvalue weighted by molar-refractivity contribution is 0.301. The predicted octanol–water partition coefficient (Wildman–Crippen LogP) is 6.45. The number of ether oxygens (including phenoxy) is 1. The number of anilines is 1. The molecule has 0 saturated heterocycles. The van der Waals surface area contributed by atoms with E-state index in [0.29, 0.717) is 18.3 Å². The van der Waals surface area contributed by atoms with E-state index in [-0.39, 0.29) is 4.90 Å². The summed E-state index contributed by atoms with van der Waals surface area (Å²) < 4.78 is 29.0. The molecular weight excluding hydrogens is 504 g/mol. The first-order valence-electron chi connectivity index (χ1n) is 13.2. The third-order valence-electron chi connectivity index (χ3n) is 6.39. The maximum absolute atomic E-state index is 11.6. The molecule has 3 aromatic rings. The van der Waals surface area contributed by atoms with Crippen molar-refractivity contribution in [3.05, 3.63) is 58.3 Å². The molecule has 2 aromatic heterocycles. The Morgan fingerprint density at radius 2 is 1.73 bits per heavy atom. The van der Waals surface area contributed by atoms with Crippen LogP contribution in [0.2, 0.25) is 0 Å². The smallest absolute Gasteiger partial charge is 0.225 e. The Morgan fingerprint density at radius 1 is 1.03 bits per heavy atom. The molecule has 0 radical (unpaired) electrons. The summed E-state index contributed by atoms with van der Waals surface area (Å²) >= 11 is 1.65. The first-order chi connectivity index (χ1) is 17.8. The molecule has 0 bridgehead atoms. The normalized spacial score (nSPS) is 12.4. The second-order valence-electron chi connectivity index (χ2n) is 9.53. The Kier molecular flexibility index (Phi) is 11.3. The van der Waals surface area contributed by atoms with Crippen LogP contribution in [0.5, 0.6) is 5.75 Å². The number of hydrogen-bond donors (Lipinski definition) is 0. The van der Waals surface area contributed by atoms with Gasteiger partial charge >= 0.3 is 0 Å². The fraction of sp³-hybridized carbons (Fsp3) is 0.536. The van der Waals surface area contributed by atoms with Gasteiger partial charge in [-0.25, -0.2) is 23.4 Å². The van der Waals surface area contributed by atoms with E-state index in [4.69, 9.17) is 9.72 Å². The van der Waals surface area contributed by atoms with Crippen LogP contribution >= 0.6 is 11.3 Å². The van der Waals surface area contributed by atoms with Crippen molar-refractivity contribution in [2.24, 2.45) is 0 Å². The Balaban J connectivity index is 1.46. The van der Waals surface area contributed by atoms with E-state index in [2.05, 4.69) is 35.6 Å². The average Bonchev–Trinajstić information content (AvgIpc) is 3.37. The summed E-state index contributed by atoms with van der Waals surface area (Å²) in [6.45, 7) is 8.65. The van der Waals surface area contributed by atoms with E-state index in [1.54, 1.807) is 35.6 Å². The minimum atomic E-state index is -3.21. The molecule has 3 rings (SSSR count). The van der Waals surface area contributed by atoms with E-state index < -0.39 is 9.84 Å². The Hall–Kier alpha value is -2.52. The van der Waals surface area contributed by atoms with Crippen molar-refractivity contribution in [2.45, 2.75) is 83.1 Å². The summed E-state index contributed by atoms with van der Waals surface area (Å²) in [5.41, 5.74) is 2.09. The molecule has 7 nitrogen and oxygen atoms in total.